The number of hydrogen-bond donors (Lipinski definition) is 1. The van der Waals surface area contributed by atoms with E-state index < -0.39 is 0 Å². The summed E-state index contributed by atoms with van der Waals surface area (Å²) in [6, 6.07) is 12.5. The number of alkyl halides is 1. The van der Waals surface area contributed by atoms with E-state index in [-0.39, 0.29) is 10.9 Å². The van der Waals surface area contributed by atoms with Gasteiger partial charge in [0.2, 0.25) is 0 Å². The van der Waals surface area contributed by atoms with Crippen LogP contribution in [0.1, 0.15) is 48.1 Å². The molecule has 33 heavy (non-hydrogen) atoms. The fourth-order valence-electron chi connectivity index (χ4n) is 4.97. The van der Waals surface area contributed by atoms with Crippen molar-refractivity contribution in [2.75, 3.05) is 43.5 Å². The number of rotatable bonds is 6. The molecule has 8 heteroatoms. The Morgan fingerprint density at radius 1 is 1.03 bits per heavy atom. The van der Waals surface area contributed by atoms with Crippen molar-refractivity contribution in [3.05, 3.63) is 63.8 Å². The second kappa shape index (κ2) is 9.69. The van der Waals surface area contributed by atoms with Crippen molar-refractivity contribution in [3.8, 4) is 0 Å². The summed E-state index contributed by atoms with van der Waals surface area (Å²) >= 11 is 6.34. The average molecular weight is 467 g/mol. The largest absolute Gasteiger partial charge is 0.354 e. The van der Waals surface area contributed by atoms with Crippen LogP contribution in [0.4, 0.5) is 5.82 Å². The standard InChI is InChI=1S/C25H31ClN6O/c26-19-7-5-9-21-24(19)25(33)32(27)23(29-21)10-3-4-13-30-14-16-31(17-15-30)22-12-11-18-6-1-2-8-20(18)28-22/h1-2,6,8,11-12,19H,3-5,7,9-10,13-17,27H2. The molecule has 0 amide bonds. The number of nitrogens with zero attached hydrogens (tertiary/aromatic N) is 5. The van der Waals surface area contributed by atoms with Crippen LogP contribution in [-0.4, -0.2) is 52.3 Å². The van der Waals surface area contributed by atoms with Gasteiger partial charge in [-0.2, -0.15) is 0 Å². The first kappa shape index (κ1) is 22.2. The molecule has 0 radical (unpaired) electrons. The number of benzene rings is 1. The van der Waals surface area contributed by atoms with Crippen LogP contribution in [0, 0.1) is 0 Å². The van der Waals surface area contributed by atoms with E-state index in [1.807, 2.05) is 12.1 Å². The molecule has 1 atom stereocenters. The second-order valence-electron chi connectivity index (χ2n) is 9.07. The summed E-state index contributed by atoms with van der Waals surface area (Å²) in [5, 5.41) is 0.916. The van der Waals surface area contributed by atoms with Gasteiger partial charge in [-0.25, -0.2) is 14.6 Å². The first-order valence-corrected chi connectivity index (χ1v) is 12.4. The number of nitrogens with two attached hydrogens (primary N) is 1. The van der Waals surface area contributed by atoms with Gasteiger partial charge in [0.15, 0.2) is 0 Å². The van der Waals surface area contributed by atoms with Gasteiger partial charge in [-0.05, 0) is 56.8 Å². The van der Waals surface area contributed by atoms with Crippen LogP contribution in [0.3, 0.4) is 0 Å². The van der Waals surface area contributed by atoms with Gasteiger partial charge in [-0.1, -0.05) is 18.2 Å². The highest BCUT2D eigenvalue weighted by molar-refractivity contribution is 6.20. The number of hydrogen-bond acceptors (Lipinski definition) is 6. The van der Waals surface area contributed by atoms with Crippen LogP contribution in [0.15, 0.2) is 41.2 Å². The van der Waals surface area contributed by atoms with Crippen molar-refractivity contribution < 1.29 is 0 Å². The Kier molecular flexibility index (Phi) is 6.51. The molecule has 0 saturated carbocycles. The number of pyridine rings is 1. The van der Waals surface area contributed by atoms with Crippen molar-refractivity contribution in [3.63, 3.8) is 0 Å². The molecular formula is C25H31ClN6O. The molecule has 3 heterocycles. The minimum atomic E-state index is -0.263. The molecule has 3 aromatic rings. The maximum atomic E-state index is 12.6. The van der Waals surface area contributed by atoms with Crippen LogP contribution < -0.4 is 16.3 Å². The third kappa shape index (κ3) is 4.70. The Morgan fingerprint density at radius 3 is 2.70 bits per heavy atom. The van der Waals surface area contributed by atoms with Crippen molar-refractivity contribution in [1.29, 1.82) is 0 Å². The van der Waals surface area contributed by atoms with E-state index in [2.05, 4.69) is 34.1 Å². The molecule has 2 N–H and O–H groups in total. The first-order valence-electron chi connectivity index (χ1n) is 12.0. The molecular weight excluding hydrogens is 436 g/mol. The monoisotopic (exact) mass is 466 g/mol. The van der Waals surface area contributed by atoms with Crippen LogP contribution >= 0.6 is 11.6 Å². The van der Waals surface area contributed by atoms with E-state index >= 15 is 0 Å². The quantitative estimate of drug-likeness (QED) is 0.341. The highest BCUT2D eigenvalue weighted by Gasteiger charge is 2.25. The number of halogens is 1. The van der Waals surface area contributed by atoms with Crippen LogP contribution in [0.2, 0.25) is 0 Å². The van der Waals surface area contributed by atoms with Crippen molar-refractivity contribution in [2.24, 2.45) is 0 Å². The van der Waals surface area contributed by atoms with Gasteiger partial charge in [-0.3, -0.25) is 9.69 Å². The summed E-state index contributed by atoms with van der Waals surface area (Å²) in [7, 11) is 0. The third-order valence-corrected chi connectivity index (χ3v) is 7.33. The van der Waals surface area contributed by atoms with Crippen molar-refractivity contribution in [2.45, 2.75) is 43.9 Å². The Balaban J connectivity index is 1.11. The number of aromatic nitrogens is 3. The van der Waals surface area contributed by atoms with Crippen LogP contribution in [0.25, 0.3) is 10.9 Å². The average Bonchev–Trinajstić information content (AvgIpc) is 2.84. The van der Waals surface area contributed by atoms with Crippen molar-refractivity contribution >= 4 is 28.3 Å². The number of anilines is 1. The summed E-state index contributed by atoms with van der Waals surface area (Å²) in [6.45, 7) is 5.08. The zero-order chi connectivity index (χ0) is 22.8. The molecule has 5 rings (SSSR count). The minimum Gasteiger partial charge on any atom is -0.354 e. The SMILES string of the molecule is Nn1c(CCCCN2CCN(c3ccc4ccccc4n3)CC2)nc2c(c1=O)C(Cl)CCC2. The van der Waals surface area contributed by atoms with E-state index in [4.69, 9.17) is 27.4 Å². The van der Waals surface area contributed by atoms with Gasteiger partial charge in [0, 0.05) is 38.0 Å². The van der Waals surface area contributed by atoms with Crippen LogP contribution in [-0.2, 0) is 12.8 Å². The van der Waals surface area contributed by atoms with Gasteiger partial charge in [0.25, 0.3) is 5.56 Å². The van der Waals surface area contributed by atoms with Gasteiger partial charge in [0.05, 0.1) is 22.2 Å². The Labute approximate surface area is 199 Å². The summed E-state index contributed by atoms with van der Waals surface area (Å²) in [6.07, 6.45) is 5.33. The zero-order valence-corrected chi connectivity index (χ0v) is 19.7. The smallest absolute Gasteiger partial charge is 0.276 e. The molecule has 1 aromatic carbocycles. The lowest BCUT2D eigenvalue weighted by Gasteiger charge is -2.35. The summed E-state index contributed by atoms with van der Waals surface area (Å²) in [4.78, 5) is 27.1. The number of para-hydroxylation sites is 1. The van der Waals surface area contributed by atoms with Crippen molar-refractivity contribution in [1.82, 2.24) is 19.5 Å². The number of fused-ring (bicyclic) bond motifs is 2. The van der Waals surface area contributed by atoms with E-state index in [0.29, 0.717) is 17.8 Å². The number of aryl methyl sites for hydroxylation is 2. The second-order valence-corrected chi connectivity index (χ2v) is 9.60. The number of piperazine rings is 1. The van der Waals surface area contributed by atoms with Gasteiger partial charge >= 0.3 is 0 Å². The Bertz CT molecular complexity index is 1190. The van der Waals surface area contributed by atoms with E-state index in [1.165, 1.54) is 10.1 Å². The predicted molar refractivity (Wildman–Crippen MR) is 134 cm³/mol. The number of nitrogen functional groups attached to an aromatic ring is 1. The predicted octanol–water partition coefficient (Wildman–Crippen LogP) is 3.27. The fraction of sp³-hybridized carbons (Fsp3) is 0.480. The van der Waals surface area contributed by atoms with E-state index in [0.717, 1.165) is 81.9 Å². The summed E-state index contributed by atoms with van der Waals surface area (Å²) in [5.41, 5.74) is 2.33. The molecule has 2 aromatic heterocycles. The molecule has 0 spiro atoms. The number of unbranched alkanes of at least 4 members (excludes halogenated alkanes) is 1. The van der Waals surface area contributed by atoms with E-state index in [9.17, 15) is 4.79 Å². The topological polar surface area (TPSA) is 80.3 Å². The molecule has 1 fully saturated rings. The van der Waals surface area contributed by atoms with E-state index in [1.54, 1.807) is 0 Å². The minimum absolute atomic E-state index is 0.173. The molecule has 2 aliphatic rings. The third-order valence-electron chi connectivity index (χ3n) is 6.89. The normalized spacial score (nSPS) is 19.1. The maximum absolute atomic E-state index is 12.6. The van der Waals surface area contributed by atoms with Crippen LogP contribution in [0.5, 0.6) is 0 Å². The summed E-state index contributed by atoms with van der Waals surface area (Å²) in [5.74, 6) is 7.80. The lowest BCUT2D eigenvalue weighted by Crippen LogP contribution is -2.46. The molecule has 1 unspecified atom stereocenters. The van der Waals surface area contributed by atoms with Gasteiger partial charge < -0.3 is 10.7 Å². The molecule has 1 aliphatic heterocycles. The van der Waals surface area contributed by atoms with Gasteiger partial charge in [-0.15, -0.1) is 11.6 Å². The first-order chi connectivity index (χ1) is 16.1. The highest BCUT2D eigenvalue weighted by Crippen LogP contribution is 2.31. The van der Waals surface area contributed by atoms with Gasteiger partial charge in [0.1, 0.15) is 11.6 Å². The molecule has 0 bridgehead atoms. The lowest BCUT2D eigenvalue weighted by atomic mass is 9.96. The Morgan fingerprint density at radius 2 is 1.85 bits per heavy atom. The molecule has 7 nitrogen and oxygen atoms in total. The molecule has 174 valence electrons. The molecule has 1 saturated heterocycles. The summed E-state index contributed by atoms with van der Waals surface area (Å²) < 4.78 is 1.22. The maximum Gasteiger partial charge on any atom is 0.276 e. The highest BCUT2D eigenvalue weighted by atomic mass is 35.5. The Hall–Kier alpha value is -2.64. The molecule has 1 aliphatic carbocycles. The fourth-order valence-corrected chi connectivity index (χ4v) is 5.34. The lowest BCUT2D eigenvalue weighted by molar-refractivity contribution is 0.252. The zero-order valence-electron chi connectivity index (χ0n) is 18.9.